The lowest BCUT2D eigenvalue weighted by molar-refractivity contribution is -0.115. The molecule has 0 radical (unpaired) electrons. The van der Waals surface area contributed by atoms with E-state index in [1.807, 2.05) is 0 Å². The van der Waals surface area contributed by atoms with E-state index in [0.29, 0.717) is 34.3 Å². The van der Waals surface area contributed by atoms with Gasteiger partial charge in [-0.15, -0.1) is 0 Å². The predicted molar refractivity (Wildman–Crippen MR) is 98.3 cm³/mol. The summed E-state index contributed by atoms with van der Waals surface area (Å²) in [4.78, 5) is 15.7. The zero-order valence-electron chi connectivity index (χ0n) is 14.2. The molecule has 0 atom stereocenters. The average Bonchev–Trinajstić information content (AvgIpc) is 3.20. The number of nitrogens with zero attached hydrogens (tertiary/aromatic N) is 2. The van der Waals surface area contributed by atoms with Gasteiger partial charge in [0.2, 0.25) is 5.91 Å². The number of amides is 1. The number of carbonyl (C=O) groups is 1. The molecule has 1 aromatic carbocycles. The first-order valence-electron chi connectivity index (χ1n) is 8.01. The third-order valence-corrected chi connectivity index (χ3v) is 5.29. The second kappa shape index (κ2) is 6.40. The number of hydrogen-bond donors (Lipinski definition) is 3. The van der Waals surface area contributed by atoms with E-state index in [-0.39, 0.29) is 17.2 Å². The molecule has 3 aromatic rings. The first-order valence-corrected chi connectivity index (χ1v) is 9.49. The van der Waals surface area contributed by atoms with Crippen LogP contribution in [0.2, 0.25) is 0 Å². The minimum absolute atomic E-state index is 0.0815. The van der Waals surface area contributed by atoms with Crippen LogP contribution in [0.3, 0.4) is 0 Å². The molecular weight excluding hydrogens is 370 g/mol. The Labute approximate surface area is 154 Å². The summed E-state index contributed by atoms with van der Waals surface area (Å²) in [6, 6.07) is 9.44. The second-order valence-corrected chi connectivity index (χ2v) is 7.71. The predicted octanol–water partition coefficient (Wildman–Crippen LogP) is 2.42. The molecule has 3 heterocycles. The minimum atomic E-state index is -3.80. The third kappa shape index (κ3) is 3.60. The van der Waals surface area contributed by atoms with Gasteiger partial charge in [-0.2, -0.15) is 0 Å². The summed E-state index contributed by atoms with van der Waals surface area (Å²) in [6.07, 6.45) is 1.56. The van der Waals surface area contributed by atoms with Crippen LogP contribution >= 0.6 is 0 Å². The largest absolute Gasteiger partial charge is 0.360 e. The molecule has 4 rings (SSSR count). The van der Waals surface area contributed by atoms with Crippen LogP contribution in [0.25, 0.3) is 0 Å². The molecule has 2 aromatic heterocycles. The van der Waals surface area contributed by atoms with E-state index in [1.54, 1.807) is 31.2 Å². The number of pyridine rings is 1. The zero-order chi connectivity index (χ0) is 19.0. The van der Waals surface area contributed by atoms with Gasteiger partial charge in [0.25, 0.3) is 10.0 Å². The highest BCUT2D eigenvalue weighted by molar-refractivity contribution is 7.92. The van der Waals surface area contributed by atoms with Crippen molar-refractivity contribution in [3.63, 3.8) is 0 Å². The number of nitrogens with one attached hydrogen (secondary N) is 3. The highest BCUT2D eigenvalue weighted by Crippen LogP contribution is 2.27. The van der Waals surface area contributed by atoms with Gasteiger partial charge in [0.15, 0.2) is 5.82 Å². The Morgan fingerprint density at radius 3 is 2.70 bits per heavy atom. The fraction of sp³-hybridized carbons (Fsp3) is 0.118. The molecule has 10 heteroatoms. The van der Waals surface area contributed by atoms with Crippen LogP contribution in [0.5, 0.6) is 0 Å². The van der Waals surface area contributed by atoms with Crippen molar-refractivity contribution in [2.45, 2.75) is 18.2 Å². The van der Waals surface area contributed by atoms with Crippen LogP contribution in [-0.4, -0.2) is 24.5 Å². The lowest BCUT2D eigenvalue weighted by Crippen LogP contribution is -2.13. The second-order valence-electron chi connectivity index (χ2n) is 6.03. The number of aromatic nitrogens is 2. The maximum atomic E-state index is 12.6. The highest BCUT2D eigenvalue weighted by atomic mass is 32.2. The van der Waals surface area contributed by atoms with E-state index in [1.165, 1.54) is 18.3 Å². The van der Waals surface area contributed by atoms with Crippen molar-refractivity contribution in [2.75, 3.05) is 15.4 Å². The monoisotopic (exact) mass is 385 g/mol. The molecule has 0 aliphatic carbocycles. The normalized spacial score (nSPS) is 13.1. The van der Waals surface area contributed by atoms with Gasteiger partial charge in [0, 0.05) is 11.8 Å². The van der Waals surface area contributed by atoms with E-state index in [0.717, 1.165) is 0 Å². The number of carbonyl (C=O) groups excluding carboxylic acids is 1. The summed E-state index contributed by atoms with van der Waals surface area (Å²) < 4.78 is 32.6. The Morgan fingerprint density at radius 2 is 2.00 bits per heavy atom. The number of rotatable bonds is 5. The van der Waals surface area contributed by atoms with E-state index in [9.17, 15) is 13.2 Å². The molecule has 0 bridgehead atoms. The Hall–Kier alpha value is -3.40. The summed E-state index contributed by atoms with van der Waals surface area (Å²) in [5.41, 5.74) is 1.61. The molecule has 1 aliphatic heterocycles. The lowest BCUT2D eigenvalue weighted by atomic mass is 10.2. The molecule has 0 saturated heterocycles. The van der Waals surface area contributed by atoms with E-state index >= 15 is 0 Å². The van der Waals surface area contributed by atoms with Crippen molar-refractivity contribution in [3.8, 4) is 0 Å². The Bertz CT molecular complexity index is 1120. The van der Waals surface area contributed by atoms with Crippen LogP contribution in [0.4, 0.5) is 23.0 Å². The minimum Gasteiger partial charge on any atom is -0.360 e. The van der Waals surface area contributed by atoms with Crippen molar-refractivity contribution in [2.24, 2.45) is 0 Å². The van der Waals surface area contributed by atoms with Gasteiger partial charge >= 0.3 is 0 Å². The maximum absolute atomic E-state index is 12.6. The van der Waals surface area contributed by atoms with Crippen LogP contribution in [0.1, 0.15) is 11.3 Å². The van der Waals surface area contributed by atoms with Gasteiger partial charge in [-0.3, -0.25) is 9.52 Å². The van der Waals surface area contributed by atoms with Crippen molar-refractivity contribution in [1.29, 1.82) is 0 Å². The van der Waals surface area contributed by atoms with Gasteiger partial charge in [0.1, 0.15) is 11.6 Å². The number of fused-ring (bicyclic) bond motifs is 1. The van der Waals surface area contributed by atoms with Crippen LogP contribution < -0.4 is 15.4 Å². The van der Waals surface area contributed by atoms with Crippen molar-refractivity contribution >= 4 is 38.9 Å². The Morgan fingerprint density at radius 1 is 1.15 bits per heavy atom. The molecule has 27 heavy (non-hydrogen) atoms. The number of hydrogen-bond acceptors (Lipinski definition) is 7. The molecule has 3 N–H and O–H groups in total. The summed E-state index contributed by atoms with van der Waals surface area (Å²) in [5.74, 6) is 1.51. The highest BCUT2D eigenvalue weighted by Gasteiger charge is 2.22. The molecule has 1 aliphatic rings. The maximum Gasteiger partial charge on any atom is 0.261 e. The van der Waals surface area contributed by atoms with Crippen molar-refractivity contribution < 1.29 is 17.7 Å². The van der Waals surface area contributed by atoms with Gasteiger partial charge < -0.3 is 15.2 Å². The van der Waals surface area contributed by atoms with E-state index in [4.69, 9.17) is 4.52 Å². The topological polar surface area (TPSA) is 126 Å². The molecule has 138 valence electrons. The number of anilines is 4. The summed E-state index contributed by atoms with van der Waals surface area (Å²) >= 11 is 0. The van der Waals surface area contributed by atoms with Crippen LogP contribution in [0.15, 0.2) is 52.0 Å². The first kappa shape index (κ1) is 17.0. The van der Waals surface area contributed by atoms with Gasteiger partial charge in [-0.25, -0.2) is 13.4 Å². The first-order chi connectivity index (χ1) is 12.9. The summed E-state index contributed by atoms with van der Waals surface area (Å²) in [6.45, 7) is 1.77. The van der Waals surface area contributed by atoms with Gasteiger partial charge in [-0.1, -0.05) is 5.16 Å². The van der Waals surface area contributed by atoms with Gasteiger partial charge in [0.05, 0.1) is 23.2 Å². The number of sulfonamides is 1. The summed E-state index contributed by atoms with van der Waals surface area (Å²) in [7, 11) is -3.80. The standard InChI is InChI=1S/C17H15N5O4S/c1-10-6-16(21-26-10)20-15-5-2-12(9-18-15)22-27(24,25)13-3-4-14-11(7-13)8-17(23)19-14/h2-7,9,22H,8H2,1H3,(H,19,23)(H,18,20,21). The van der Waals surface area contributed by atoms with E-state index < -0.39 is 10.0 Å². The molecule has 1 amide bonds. The molecule has 0 saturated carbocycles. The van der Waals surface area contributed by atoms with Crippen LogP contribution in [-0.2, 0) is 21.2 Å². The fourth-order valence-electron chi connectivity index (χ4n) is 2.67. The molecule has 0 fully saturated rings. The Kier molecular flexibility index (Phi) is 4.04. The quantitative estimate of drug-likeness (QED) is 0.615. The van der Waals surface area contributed by atoms with Gasteiger partial charge in [-0.05, 0) is 42.8 Å². The fourth-order valence-corrected chi connectivity index (χ4v) is 3.77. The molecular formula is C17H15N5O4S. The molecule has 9 nitrogen and oxygen atoms in total. The number of benzene rings is 1. The van der Waals surface area contributed by atoms with Crippen LogP contribution in [0, 0.1) is 6.92 Å². The summed E-state index contributed by atoms with van der Waals surface area (Å²) in [5, 5.41) is 9.42. The zero-order valence-corrected chi connectivity index (χ0v) is 15.0. The SMILES string of the molecule is Cc1cc(Nc2ccc(NS(=O)(=O)c3ccc4c(c3)CC(=O)N4)cn2)no1. The number of aryl methyl sites for hydroxylation is 1. The molecule has 0 unspecified atom stereocenters. The van der Waals surface area contributed by atoms with Crippen molar-refractivity contribution in [1.82, 2.24) is 10.1 Å². The molecule has 0 spiro atoms. The smallest absolute Gasteiger partial charge is 0.261 e. The lowest BCUT2D eigenvalue weighted by Gasteiger charge is -2.09. The third-order valence-electron chi connectivity index (χ3n) is 3.91. The Balaban J connectivity index is 1.49. The van der Waals surface area contributed by atoms with E-state index in [2.05, 4.69) is 25.5 Å². The average molecular weight is 385 g/mol. The van der Waals surface area contributed by atoms with Crippen molar-refractivity contribution in [3.05, 3.63) is 53.9 Å².